The van der Waals surface area contributed by atoms with E-state index >= 15 is 0 Å². The van der Waals surface area contributed by atoms with Crippen molar-refractivity contribution in [3.05, 3.63) is 0 Å². The Kier molecular flexibility index (Phi) is 2.44. The summed E-state index contributed by atoms with van der Waals surface area (Å²) in [6.07, 6.45) is 2.76. The minimum atomic E-state index is 0.638. The Morgan fingerprint density at radius 2 is 1.90 bits per heavy atom. The van der Waals surface area contributed by atoms with E-state index < -0.39 is 0 Å². The predicted molar refractivity (Wildman–Crippen MR) is 49.5 cm³/mol. The van der Waals surface area contributed by atoms with Crippen molar-refractivity contribution in [2.75, 3.05) is 5.33 Å². The Hall–Kier alpha value is 0.480. The lowest BCUT2D eigenvalue weighted by Gasteiger charge is -1.98. The first-order chi connectivity index (χ1) is 4.64. The van der Waals surface area contributed by atoms with Gasteiger partial charge in [-0.3, -0.25) is 0 Å². The van der Waals surface area contributed by atoms with Crippen LogP contribution in [0.3, 0.4) is 0 Å². The summed E-state index contributed by atoms with van der Waals surface area (Å²) in [6.45, 7) is 7.05. The molecule has 0 spiro atoms. The third-order valence-corrected chi connectivity index (χ3v) is 3.75. The Bertz CT molecular complexity index is 118. The highest BCUT2D eigenvalue weighted by Gasteiger charge is 2.55. The molecule has 1 aliphatic rings. The zero-order chi connectivity index (χ0) is 7.78. The molecule has 0 amide bonds. The fourth-order valence-corrected chi connectivity index (χ4v) is 3.33. The Morgan fingerprint density at radius 1 is 1.30 bits per heavy atom. The summed E-state index contributed by atoms with van der Waals surface area (Å²) < 4.78 is 0. The fraction of sp³-hybridized carbons (Fsp3) is 1.00. The van der Waals surface area contributed by atoms with Gasteiger partial charge in [0.25, 0.3) is 0 Å². The minimum Gasteiger partial charge on any atom is -0.0925 e. The molecule has 1 saturated carbocycles. The van der Waals surface area contributed by atoms with Crippen LogP contribution >= 0.6 is 15.9 Å². The van der Waals surface area contributed by atoms with Gasteiger partial charge in [-0.05, 0) is 23.7 Å². The maximum Gasteiger partial charge on any atom is 0.00677 e. The second kappa shape index (κ2) is 2.84. The molecule has 0 saturated heterocycles. The third kappa shape index (κ3) is 1.25. The Balaban J connectivity index is 2.37. The molecule has 0 aromatic heterocycles. The van der Waals surface area contributed by atoms with E-state index in [1.807, 2.05) is 0 Å². The first kappa shape index (κ1) is 8.58. The molecule has 0 aliphatic heterocycles. The molecule has 0 bridgehead atoms. The largest absolute Gasteiger partial charge is 0.0925 e. The molecule has 2 atom stereocenters. The van der Waals surface area contributed by atoms with Crippen molar-refractivity contribution in [3.8, 4) is 0 Å². The van der Waals surface area contributed by atoms with E-state index in [1.165, 1.54) is 18.2 Å². The van der Waals surface area contributed by atoms with Gasteiger partial charge in [-0.15, -0.1) is 0 Å². The lowest BCUT2D eigenvalue weighted by atomic mass is 10.1. The van der Waals surface area contributed by atoms with Crippen molar-refractivity contribution in [1.82, 2.24) is 0 Å². The van der Waals surface area contributed by atoms with Crippen molar-refractivity contribution >= 4 is 15.9 Å². The lowest BCUT2D eigenvalue weighted by Crippen LogP contribution is -1.90. The van der Waals surface area contributed by atoms with E-state index in [2.05, 4.69) is 36.7 Å². The zero-order valence-corrected chi connectivity index (χ0v) is 8.74. The van der Waals surface area contributed by atoms with Crippen LogP contribution in [0.1, 0.15) is 33.6 Å². The standard InChI is InChI=1S/C9H17Br/c1-4-5-7-8(6-10)9(7,2)3/h7-8H,4-6H2,1-3H3. The molecule has 0 nitrogen and oxygen atoms in total. The van der Waals surface area contributed by atoms with Crippen molar-refractivity contribution in [3.63, 3.8) is 0 Å². The molecule has 1 aliphatic carbocycles. The summed E-state index contributed by atoms with van der Waals surface area (Å²) in [7, 11) is 0. The average molecular weight is 205 g/mol. The van der Waals surface area contributed by atoms with Crippen LogP contribution in [0.5, 0.6) is 0 Å². The van der Waals surface area contributed by atoms with Crippen molar-refractivity contribution < 1.29 is 0 Å². The smallest absolute Gasteiger partial charge is 0.00677 e. The van der Waals surface area contributed by atoms with Crippen molar-refractivity contribution in [1.29, 1.82) is 0 Å². The van der Waals surface area contributed by atoms with E-state index in [-0.39, 0.29) is 0 Å². The summed E-state index contributed by atoms with van der Waals surface area (Å²) in [6, 6.07) is 0. The third-order valence-electron chi connectivity index (χ3n) is 3.05. The van der Waals surface area contributed by atoms with Gasteiger partial charge in [0.1, 0.15) is 0 Å². The van der Waals surface area contributed by atoms with Gasteiger partial charge in [-0.25, -0.2) is 0 Å². The number of rotatable bonds is 3. The molecule has 1 rings (SSSR count). The number of hydrogen-bond acceptors (Lipinski definition) is 0. The molecule has 1 heteroatoms. The van der Waals surface area contributed by atoms with Gasteiger partial charge in [0.05, 0.1) is 0 Å². The second-order valence-electron chi connectivity index (χ2n) is 3.98. The monoisotopic (exact) mass is 204 g/mol. The highest BCUT2D eigenvalue weighted by atomic mass is 79.9. The van der Waals surface area contributed by atoms with E-state index in [4.69, 9.17) is 0 Å². The van der Waals surface area contributed by atoms with Gasteiger partial charge in [0.2, 0.25) is 0 Å². The zero-order valence-electron chi connectivity index (χ0n) is 7.15. The predicted octanol–water partition coefficient (Wildman–Crippen LogP) is 3.45. The molecular formula is C9H17Br. The van der Waals surface area contributed by atoms with Crippen LogP contribution in [-0.4, -0.2) is 5.33 Å². The highest BCUT2D eigenvalue weighted by Crippen LogP contribution is 2.60. The molecule has 0 radical (unpaired) electrons. The SMILES string of the molecule is CCCC1C(CBr)C1(C)C. The topological polar surface area (TPSA) is 0 Å². The van der Waals surface area contributed by atoms with Gasteiger partial charge in [0, 0.05) is 5.33 Å². The van der Waals surface area contributed by atoms with Crippen LogP contribution in [0.15, 0.2) is 0 Å². The number of alkyl halides is 1. The molecule has 0 heterocycles. The van der Waals surface area contributed by atoms with Gasteiger partial charge >= 0.3 is 0 Å². The molecular weight excluding hydrogens is 188 g/mol. The first-order valence-electron chi connectivity index (χ1n) is 4.20. The van der Waals surface area contributed by atoms with E-state index in [0.29, 0.717) is 5.41 Å². The number of hydrogen-bond donors (Lipinski definition) is 0. The van der Waals surface area contributed by atoms with E-state index in [9.17, 15) is 0 Å². The molecule has 1 fully saturated rings. The van der Waals surface area contributed by atoms with E-state index in [1.54, 1.807) is 0 Å². The lowest BCUT2D eigenvalue weighted by molar-refractivity contribution is 0.523. The highest BCUT2D eigenvalue weighted by molar-refractivity contribution is 9.09. The maximum absolute atomic E-state index is 3.56. The maximum atomic E-state index is 3.56. The van der Waals surface area contributed by atoms with Crippen molar-refractivity contribution in [2.24, 2.45) is 17.3 Å². The second-order valence-corrected chi connectivity index (χ2v) is 4.62. The number of halogens is 1. The van der Waals surface area contributed by atoms with Gasteiger partial charge in [-0.1, -0.05) is 43.1 Å². The summed E-state index contributed by atoms with van der Waals surface area (Å²) in [5.74, 6) is 1.95. The molecule has 0 N–H and O–H groups in total. The van der Waals surface area contributed by atoms with Crippen LogP contribution in [0.25, 0.3) is 0 Å². The van der Waals surface area contributed by atoms with Crippen LogP contribution in [0, 0.1) is 17.3 Å². The Morgan fingerprint density at radius 3 is 2.20 bits per heavy atom. The first-order valence-corrected chi connectivity index (χ1v) is 5.32. The fourth-order valence-electron chi connectivity index (χ4n) is 2.05. The van der Waals surface area contributed by atoms with Crippen LogP contribution in [0.4, 0.5) is 0 Å². The summed E-state index contributed by atoms with van der Waals surface area (Å²) in [5.41, 5.74) is 0.638. The molecule has 60 valence electrons. The molecule has 2 unspecified atom stereocenters. The van der Waals surface area contributed by atoms with Gasteiger partial charge < -0.3 is 0 Å². The summed E-state index contributed by atoms with van der Waals surface area (Å²) in [5, 5.41) is 1.20. The Labute approximate surface area is 72.5 Å². The summed E-state index contributed by atoms with van der Waals surface area (Å²) in [4.78, 5) is 0. The van der Waals surface area contributed by atoms with Crippen molar-refractivity contribution in [2.45, 2.75) is 33.6 Å². The van der Waals surface area contributed by atoms with Gasteiger partial charge in [-0.2, -0.15) is 0 Å². The van der Waals surface area contributed by atoms with Gasteiger partial charge in [0.15, 0.2) is 0 Å². The molecule has 0 aromatic carbocycles. The molecule has 0 aromatic rings. The molecule has 10 heavy (non-hydrogen) atoms. The van der Waals surface area contributed by atoms with Crippen LogP contribution in [-0.2, 0) is 0 Å². The quantitative estimate of drug-likeness (QED) is 0.619. The minimum absolute atomic E-state index is 0.638. The normalized spacial score (nSPS) is 36.0. The van der Waals surface area contributed by atoms with E-state index in [0.717, 1.165) is 11.8 Å². The average Bonchev–Trinajstić information content (AvgIpc) is 2.36. The van der Waals surface area contributed by atoms with Crippen LogP contribution in [0.2, 0.25) is 0 Å². The summed E-state index contributed by atoms with van der Waals surface area (Å²) >= 11 is 3.56. The van der Waals surface area contributed by atoms with Crippen LogP contribution < -0.4 is 0 Å².